The molecule has 0 aliphatic carbocycles. The Morgan fingerprint density at radius 3 is 2.33 bits per heavy atom. The molecule has 0 saturated carbocycles. The Labute approximate surface area is 211 Å². The molecule has 3 heterocycles. The zero-order valence-electron chi connectivity index (χ0n) is 20.7. The smallest absolute Gasteiger partial charge is 0.295 e. The summed E-state index contributed by atoms with van der Waals surface area (Å²) < 4.78 is 16.7. The molecule has 1 N–H and O–H groups in total. The molecule has 2 fully saturated rings. The summed E-state index contributed by atoms with van der Waals surface area (Å²) in [4.78, 5) is 30.4. The van der Waals surface area contributed by atoms with E-state index in [1.54, 1.807) is 23.1 Å². The second-order valence-corrected chi connectivity index (χ2v) is 9.63. The van der Waals surface area contributed by atoms with Crippen molar-refractivity contribution in [2.75, 3.05) is 52.6 Å². The monoisotopic (exact) mass is 492 g/mol. The number of ether oxygens (including phenoxy) is 3. The lowest BCUT2D eigenvalue weighted by molar-refractivity contribution is -0.140. The van der Waals surface area contributed by atoms with Crippen molar-refractivity contribution in [2.24, 2.45) is 0 Å². The Hall–Kier alpha value is -3.36. The second-order valence-electron chi connectivity index (χ2n) is 9.63. The molecule has 2 aromatic rings. The molecular formula is C28H32N2O6. The summed E-state index contributed by atoms with van der Waals surface area (Å²) in [7, 11) is 0. The van der Waals surface area contributed by atoms with Gasteiger partial charge in [-0.2, -0.15) is 0 Å². The highest BCUT2D eigenvalue weighted by Crippen LogP contribution is 2.41. The van der Waals surface area contributed by atoms with Gasteiger partial charge in [0, 0.05) is 31.7 Å². The van der Waals surface area contributed by atoms with Crippen LogP contribution in [0.3, 0.4) is 0 Å². The van der Waals surface area contributed by atoms with E-state index in [2.05, 4.69) is 18.7 Å². The van der Waals surface area contributed by atoms with Crippen molar-refractivity contribution in [1.82, 2.24) is 9.80 Å². The highest BCUT2D eigenvalue weighted by atomic mass is 16.6. The first-order valence-electron chi connectivity index (χ1n) is 12.5. The molecule has 36 heavy (non-hydrogen) atoms. The SMILES string of the molecule is CC(C)c1ccc([C@@H]2/C(=C(\O)c3ccc4c(c3)OCCO4)C(=O)C(=O)N2CCN2CCOCC2)cc1. The molecule has 0 spiro atoms. The molecule has 2 aromatic carbocycles. The number of hydrogen-bond acceptors (Lipinski definition) is 7. The van der Waals surface area contributed by atoms with Crippen molar-refractivity contribution < 1.29 is 28.9 Å². The van der Waals surface area contributed by atoms with Crippen LogP contribution in [-0.4, -0.2) is 79.2 Å². The summed E-state index contributed by atoms with van der Waals surface area (Å²) in [6.45, 7) is 8.98. The fraction of sp³-hybridized carbons (Fsp3) is 0.429. The van der Waals surface area contributed by atoms with Gasteiger partial charge >= 0.3 is 0 Å². The maximum Gasteiger partial charge on any atom is 0.295 e. The number of aliphatic hydroxyl groups excluding tert-OH is 1. The van der Waals surface area contributed by atoms with Gasteiger partial charge in [-0.05, 0) is 35.2 Å². The third-order valence-electron chi connectivity index (χ3n) is 7.04. The lowest BCUT2D eigenvalue weighted by Crippen LogP contribution is -2.42. The number of benzene rings is 2. The van der Waals surface area contributed by atoms with Gasteiger partial charge in [0.15, 0.2) is 11.5 Å². The Morgan fingerprint density at radius 1 is 0.944 bits per heavy atom. The van der Waals surface area contributed by atoms with Crippen LogP contribution in [0.25, 0.3) is 5.76 Å². The molecule has 3 aliphatic rings. The molecule has 0 radical (unpaired) electrons. The van der Waals surface area contributed by atoms with Gasteiger partial charge in [-0.15, -0.1) is 0 Å². The maximum atomic E-state index is 13.3. The lowest BCUT2D eigenvalue weighted by Gasteiger charge is -2.31. The Bertz CT molecular complexity index is 1170. The number of likely N-dealkylation sites (tertiary alicyclic amines) is 1. The minimum Gasteiger partial charge on any atom is -0.507 e. The highest BCUT2D eigenvalue weighted by Gasteiger charge is 2.46. The first-order valence-corrected chi connectivity index (χ1v) is 12.5. The van der Waals surface area contributed by atoms with Crippen LogP contribution < -0.4 is 9.47 Å². The second kappa shape index (κ2) is 10.3. The minimum absolute atomic E-state index is 0.0935. The first-order chi connectivity index (χ1) is 17.4. The van der Waals surface area contributed by atoms with Gasteiger partial charge in [-0.1, -0.05) is 38.1 Å². The molecule has 190 valence electrons. The van der Waals surface area contributed by atoms with Crippen molar-refractivity contribution in [2.45, 2.75) is 25.8 Å². The van der Waals surface area contributed by atoms with Gasteiger partial charge in [0.2, 0.25) is 0 Å². The van der Waals surface area contributed by atoms with Crippen LogP contribution in [0.2, 0.25) is 0 Å². The van der Waals surface area contributed by atoms with Crippen LogP contribution in [0.5, 0.6) is 11.5 Å². The summed E-state index contributed by atoms with van der Waals surface area (Å²) in [5, 5.41) is 11.4. The van der Waals surface area contributed by atoms with Crippen molar-refractivity contribution in [3.05, 3.63) is 64.7 Å². The van der Waals surface area contributed by atoms with Crippen molar-refractivity contribution in [3.8, 4) is 11.5 Å². The number of carbonyl (C=O) groups excluding carboxylic acids is 2. The van der Waals surface area contributed by atoms with Crippen LogP contribution in [0.15, 0.2) is 48.0 Å². The van der Waals surface area contributed by atoms with E-state index in [0.717, 1.165) is 24.2 Å². The molecule has 0 unspecified atom stereocenters. The zero-order valence-corrected chi connectivity index (χ0v) is 20.7. The zero-order chi connectivity index (χ0) is 25.2. The Balaban J connectivity index is 1.53. The maximum absolute atomic E-state index is 13.3. The number of rotatable bonds is 6. The number of nitrogens with zero attached hydrogens (tertiary/aromatic N) is 2. The fourth-order valence-corrected chi connectivity index (χ4v) is 4.94. The number of carbonyl (C=O) groups is 2. The molecule has 3 aliphatic heterocycles. The van der Waals surface area contributed by atoms with Crippen LogP contribution in [0.1, 0.15) is 42.5 Å². The normalized spacial score (nSPS) is 21.9. The van der Waals surface area contributed by atoms with E-state index in [4.69, 9.17) is 14.2 Å². The Morgan fingerprint density at radius 2 is 1.64 bits per heavy atom. The van der Waals surface area contributed by atoms with Gasteiger partial charge in [-0.25, -0.2) is 0 Å². The number of morpholine rings is 1. The van der Waals surface area contributed by atoms with E-state index in [0.29, 0.717) is 62.5 Å². The molecule has 8 heteroatoms. The Kier molecular flexibility index (Phi) is 6.98. The van der Waals surface area contributed by atoms with E-state index >= 15 is 0 Å². The third-order valence-corrected chi connectivity index (χ3v) is 7.04. The number of hydrogen-bond donors (Lipinski definition) is 1. The summed E-state index contributed by atoms with van der Waals surface area (Å²) in [5.41, 5.74) is 2.46. The quantitative estimate of drug-likeness (QED) is 0.376. The van der Waals surface area contributed by atoms with E-state index in [1.165, 1.54) is 0 Å². The first kappa shape index (κ1) is 24.3. The number of amides is 1. The van der Waals surface area contributed by atoms with Gasteiger partial charge in [0.25, 0.3) is 11.7 Å². The number of Topliss-reactive ketones (excluding diaryl/α,β-unsaturated/α-hetero) is 1. The van der Waals surface area contributed by atoms with E-state index in [1.807, 2.05) is 24.3 Å². The minimum atomic E-state index is -0.680. The van der Waals surface area contributed by atoms with Crippen LogP contribution in [-0.2, 0) is 14.3 Å². The van der Waals surface area contributed by atoms with Crippen molar-refractivity contribution in [3.63, 3.8) is 0 Å². The molecule has 0 bridgehead atoms. The summed E-state index contributed by atoms with van der Waals surface area (Å²) in [5.74, 6) is -0.0431. The standard InChI is InChI=1S/C28H32N2O6/c1-18(2)19-3-5-20(6-4-19)25-24(26(31)21-7-8-22-23(17-21)36-16-15-35-22)27(32)28(33)30(25)10-9-29-11-13-34-14-12-29/h3-8,17-18,25,31H,9-16H2,1-2H3/b26-24+/t25-/m1/s1. The predicted molar refractivity (Wildman–Crippen MR) is 134 cm³/mol. The molecule has 2 saturated heterocycles. The molecule has 8 nitrogen and oxygen atoms in total. The largest absolute Gasteiger partial charge is 0.507 e. The van der Waals surface area contributed by atoms with Crippen LogP contribution in [0.4, 0.5) is 0 Å². The van der Waals surface area contributed by atoms with Gasteiger partial charge in [0.1, 0.15) is 19.0 Å². The summed E-state index contributed by atoms with van der Waals surface area (Å²) >= 11 is 0. The van der Waals surface area contributed by atoms with Crippen LogP contribution >= 0.6 is 0 Å². The van der Waals surface area contributed by atoms with Gasteiger partial charge in [0.05, 0.1) is 24.8 Å². The molecule has 5 rings (SSSR count). The van der Waals surface area contributed by atoms with Crippen molar-refractivity contribution in [1.29, 1.82) is 0 Å². The third kappa shape index (κ3) is 4.70. The predicted octanol–water partition coefficient (Wildman–Crippen LogP) is 3.34. The molecular weight excluding hydrogens is 460 g/mol. The highest BCUT2D eigenvalue weighted by molar-refractivity contribution is 6.46. The van der Waals surface area contributed by atoms with Crippen molar-refractivity contribution >= 4 is 17.4 Å². The number of ketones is 1. The lowest BCUT2D eigenvalue weighted by atomic mass is 9.93. The average molecular weight is 493 g/mol. The van der Waals surface area contributed by atoms with E-state index in [9.17, 15) is 14.7 Å². The van der Waals surface area contributed by atoms with E-state index < -0.39 is 17.7 Å². The average Bonchev–Trinajstić information content (AvgIpc) is 3.16. The summed E-state index contributed by atoms with van der Waals surface area (Å²) in [6.07, 6.45) is 0. The fourth-order valence-electron chi connectivity index (χ4n) is 4.94. The molecule has 1 atom stereocenters. The number of fused-ring (bicyclic) bond motifs is 1. The topological polar surface area (TPSA) is 88.5 Å². The van der Waals surface area contributed by atoms with E-state index in [-0.39, 0.29) is 11.3 Å². The molecule has 0 aromatic heterocycles. The van der Waals surface area contributed by atoms with Gasteiger partial charge in [-0.3, -0.25) is 14.5 Å². The summed E-state index contributed by atoms with van der Waals surface area (Å²) in [6, 6.07) is 12.3. The van der Waals surface area contributed by atoms with Gasteiger partial charge < -0.3 is 24.2 Å². The van der Waals surface area contributed by atoms with Crippen LogP contribution in [0, 0.1) is 0 Å². The molecule has 1 amide bonds. The number of aliphatic hydroxyl groups is 1.